The number of H-pyrrole nitrogens is 1. The van der Waals surface area contributed by atoms with Gasteiger partial charge in [-0.25, -0.2) is 9.59 Å². The molecule has 0 radical (unpaired) electrons. The molecule has 1 spiro atoms. The number of likely N-dealkylation sites (tertiary alicyclic amines) is 1. The first-order chi connectivity index (χ1) is 16.2. The van der Waals surface area contributed by atoms with Crippen LogP contribution in [0.15, 0.2) is 38.5 Å². The van der Waals surface area contributed by atoms with Crippen LogP contribution in [-0.2, 0) is 9.16 Å². The van der Waals surface area contributed by atoms with Crippen LogP contribution in [0.3, 0.4) is 0 Å². The maximum Gasteiger partial charge on any atom is 0.439 e. The van der Waals surface area contributed by atoms with Crippen LogP contribution in [0.25, 0.3) is 17.1 Å². The topological polar surface area (TPSA) is 97.7 Å². The van der Waals surface area contributed by atoms with E-state index in [1.165, 1.54) is 0 Å². The molecule has 4 rings (SSSR count). The molecular weight excluding hydrogens is 482 g/mol. The molecule has 1 unspecified atom stereocenters. The molecule has 1 aromatic carbocycles. The first-order valence-electron chi connectivity index (χ1n) is 12.0. The summed E-state index contributed by atoms with van der Waals surface area (Å²) >= 11 is 1.82. The Morgan fingerprint density at radius 3 is 2.46 bits per heavy atom. The highest BCUT2D eigenvalue weighted by molar-refractivity contribution is 8.01. The summed E-state index contributed by atoms with van der Waals surface area (Å²) in [6.45, 7) is 15.8. The number of ether oxygens (including phenoxy) is 1. The van der Waals surface area contributed by atoms with Crippen molar-refractivity contribution in [3.8, 4) is 11.4 Å². The highest BCUT2D eigenvalue weighted by Crippen LogP contribution is 2.51. The van der Waals surface area contributed by atoms with Crippen molar-refractivity contribution in [2.75, 3.05) is 13.1 Å². The minimum atomic E-state index is -1.59. The monoisotopic (exact) mass is 517 g/mol. The molecule has 35 heavy (non-hydrogen) atoms. The summed E-state index contributed by atoms with van der Waals surface area (Å²) in [5.41, 5.74) is 1.26. The normalized spacial score (nSPS) is 18.6. The van der Waals surface area contributed by atoms with Gasteiger partial charge in [0.25, 0.3) is 0 Å². The van der Waals surface area contributed by atoms with E-state index in [2.05, 4.69) is 49.6 Å². The maximum absolute atomic E-state index is 12.6. The van der Waals surface area contributed by atoms with E-state index in [1.54, 1.807) is 4.90 Å². The molecule has 2 aliphatic rings. The largest absolute Gasteiger partial charge is 0.546 e. The van der Waals surface area contributed by atoms with E-state index in [0.717, 1.165) is 34.6 Å². The number of hydrogen-bond donors (Lipinski definition) is 1. The van der Waals surface area contributed by atoms with Crippen molar-refractivity contribution in [2.45, 2.75) is 81.2 Å². The van der Waals surface area contributed by atoms with Gasteiger partial charge in [-0.3, -0.25) is 9.51 Å². The minimum absolute atomic E-state index is 0.0911. The minimum Gasteiger partial charge on any atom is -0.546 e. The molecule has 0 aliphatic carbocycles. The number of carbonyl (C=O) groups is 1. The highest BCUT2D eigenvalue weighted by Gasteiger charge is 2.41. The lowest BCUT2D eigenvalue weighted by Gasteiger charge is -2.43. The lowest BCUT2D eigenvalue weighted by molar-refractivity contribution is 0.0207. The number of piperidine rings is 1. The van der Waals surface area contributed by atoms with E-state index < -0.39 is 20.4 Å². The van der Waals surface area contributed by atoms with Gasteiger partial charge in [0.05, 0.1) is 0 Å². The third kappa shape index (κ3) is 5.86. The predicted octanol–water partition coefficient (Wildman–Crippen LogP) is 5.42. The van der Waals surface area contributed by atoms with Crippen LogP contribution >= 0.6 is 11.8 Å². The van der Waals surface area contributed by atoms with Gasteiger partial charge in [-0.2, -0.15) is 0 Å². The van der Waals surface area contributed by atoms with E-state index in [1.807, 2.05) is 44.7 Å². The van der Waals surface area contributed by atoms with E-state index in [4.69, 9.17) is 13.7 Å². The summed E-state index contributed by atoms with van der Waals surface area (Å²) < 4.78 is 16.8. The van der Waals surface area contributed by atoms with Crippen LogP contribution in [0, 0.1) is 0 Å². The summed E-state index contributed by atoms with van der Waals surface area (Å²) in [5.74, 6) is 0.698. The summed E-state index contributed by atoms with van der Waals surface area (Å²) in [6, 6.07) is 6.01. The number of carbonyl (C=O) groups excluding carboxylic acids is 1. The second-order valence-electron chi connectivity index (χ2n) is 11.4. The van der Waals surface area contributed by atoms with Crippen molar-refractivity contribution in [3.63, 3.8) is 0 Å². The number of nitrogens with one attached hydrogen (secondary N) is 1. The lowest BCUT2D eigenvalue weighted by Crippen LogP contribution is -2.46. The Hall–Kier alpha value is -2.46. The molecule has 190 valence electrons. The smallest absolute Gasteiger partial charge is 0.439 e. The lowest BCUT2D eigenvalue weighted by atomic mass is 9.93. The number of thioether (sulfide) groups is 1. The second-order valence-corrected chi connectivity index (χ2v) is 16.1. The van der Waals surface area contributed by atoms with E-state index in [-0.39, 0.29) is 15.9 Å². The van der Waals surface area contributed by atoms with E-state index in [9.17, 15) is 9.59 Å². The number of aromatic amines is 1. The van der Waals surface area contributed by atoms with Crippen LogP contribution in [0.1, 0.15) is 59.9 Å². The fourth-order valence-electron chi connectivity index (χ4n) is 3.98. The molecule has 2 aliphatic heterocycles. The molecule has 2 aromatic rings. The van der Waals surface area contributed by atoms with Crippen LogP contribution in [0.2, 0.25) is 11.6 Å². The number of hydrogen-bond acceptors (Lipinski definition) is 7. The van der Waals surface area contributed by atoms with Crippen molar-refractivity contribution in [2.24, 2.45) is 0 Å². The molecular formula is C25H35N3O5SSi. The standard InChI is InChI=1S/C25H35N3O5SSi/c1-23(2,3)31-22(30)28-12-10-25(11-13-28)15-18(33-35(7)24(4,5)6)17-14-16(8-9-19(17)34-25)20-26-21(29)32-27-20/h8-9,14-15,35H,10-13H2,1-7H3,(H,26,27,29). The fraction of sp³-hybridized carbons (Fsp3) is 0.560. The zero-order valence-corrected chi connectivity index (χ0v) is 23.5. The zero-order chi connectivity index (χ0) is 25.6. The molecule has 1 N–H and O–H groups in total. The molecule has 8 nitrogen and oxygen atoms in total. The van der Waals surface area contributed by atoms with Crippen LogP contribution in [-0.4, -0.2) is 53.6 Å². The number of fused-ring (bicyclic) bond motifs is 1. The van der Waals surface area contributed by atoms with Crippen LogP contribution < -0.4 is 5.76 Å². The Labute approximate surface area is 212 Å². The van der Waals surface area contributed by atoms with Crippen molar-refractivity contribution in [1.82, 2.24) is 15.0 Å². The Kier molecular flexibility index (Phi) is 6.74. The highest BCUT2D eigenvalue weighted by atomic mass is 32.2. The molecule has 0 saturated carbocycles. The number of benzene rings is 1. The van der Waals surface area contributed by atoms with Crippen molar-refractivity contribution in [3.05, 3.63) is 40.4 Å². The van der Waals surface area contributed by atoms with Crippen molar-refractivity contribution < 1.29 is 18.5 Å². The molecule has 1 aromatic heterocycles. The van der Waals surface area contributed by atoms with Gasteiger partial charge in [-0.1, -0.05) is 25.9 Å². The maximum atomic E-state index is 12.6. The third-order valence-electron chi connectivity index (χ3n) is 6.45. The summed E-state index contributed by atoms with van der Waals surface area (Å²) in [6.07, 6.45) is 3.63. The van der Waals surface area contributed by atoms with Crippen molar-refractivity contribution >= 4 is 32.7 Å². The quantitative estimate of drug-likeness (QED) is 0.543. The number of rotatable bonds is 3. The zero-order valence-electron chi connectivity index (χ0n) is 21.6. The number of nitrogens with zero attached hydrogens (tertiary/aromatic N) is 2. The molecule has 1 amide bonds. The van der Waals surface area contributed by atoms with Gasteiger partial charge in [0.2, 0.25) is 9.04 Å². The van der Waals surface area contributed by atoms with Gasteiger partial charge in [-0.05, 0) is 69.5 Å². The van der Waals surface area contributed by atoms with Gasteiger partial charge in [0.1, 0.15) is 11.4 Å². The summed E-state index contributed by atoms with van der Waals surface area (Å²) in [5, 5.41) is 3.93. The van der Waals surface area contributed by atoms with E-state index in [0.29, 0.717) is 18.9 Å². The molecule has 1 atom stereocenters. The molecule has 1 saturated heterocycles. The Balaban J connectivity index is 1.64. The Bertz CT molecular complexity index is 1180. The van der Waals surface area contributed by atoms with Gasteiger partial charge in [-0.15, -0.1) is 11.8 Å². The van der Waals surface area contributed by atoms with Crippen LogP contribution in [0.4, 0.5) is 4.79 Å². The SMILES string of the molecule is C[SiH](OC1=CC2(CCN(C(=O)OC(C)(C)C)CC2)Sc2ccc(-c3noc(=O)[nH]3)cc21)C(C)(C)C. The fourth-order valence-corrected chi connectivity index (χ4v) is 6.31. The van der Waals surface area contributed by atoms with E-state index >= 15 is 0 Å². The first-order valence-corrected chi connectivity index (χ1v) is 15.0. The third-order valence-corrected chi connectivity index (χ3v) is 11.0. The molecule has 1 fully saturated rings. The Morgan fingerprint density at radius 2 is 1.89 bits per heavy atom. The van der Waals surface area contributed by atoms with Gasteiger partial charge >= 0.3 is 11.8 Å². The predicted molar refractivity (Wildman–Crippen MR) is 140 cm³/mol. The van der Waals surface area contributed by atoms with Crippen molar-refractivity contribution in [1.29, 1.82) is 0 Å². The second kappa shape index (κ2) is 9.20. The molecule has 3 heterocycles. The average molecular weight is 518 g/mol. The first kappa shape index (κ1) is 25.6. The average Bonchev–Trinajstić information content (AvgIpc) is 3.18. The Morgan fingerprint density at radius 1 is 1.20 bits per heavy atom. The molecule has 0 bridgehead atoms. The van der Waals surface area contributed by atoms with Gasteiger partial charge < -0.3 is 14.1 Å². The van der Waals surface area contributed by atoms with Gasteiger partial charge in [0.15, 0.2) is 5.82 Å². The molecule has 10 heteroatoms. The summed E-state index contributed by atoms with van der Waals surface area (Å²) in [4.78, 5) is 29.6. The van der Waals surface area contributed by atoms with Crippen LogP contribution in [0.5, 0.6) is 0 Å². The number of aromatic nitrogens is 2. The summed E-state index contributed by atoms with van der Waals surface area (Å²) in [7, 11) is -1.59. The number of amides is 1. The van der Waals surface area contributed by atoms with Gasteiger partial charge in [0, 0.05) is 33.9 Å².